The molecule has 32 heavy (non-hydrogen) atoms. The lowest BCUT2D eigenvalue weighted by atomic mass is 9.93. The van der Waals surface area contributed by atoms with E-state index >= 15 is 0 Å². The van der Waals surface area contributed by atoms with Crippen LogP contribution < -0.4 is 0 Å². The van der Waals surface area contributed by atoms with Gasteiger partial charge in [-0.2, -0.15) is 0 Å². The van der Waals surface area contributed by atoms with Crippen LogP contribution >= 0.6 is 15.9 Å². The summed E-state index contributed by atoms with van der Waals surface area (Å²) in [6.45, 7) is 6.72. The molecule has 0 unspecified atom stereocenters. The maximum atomic E-state index is 13.2. The van der Waals surface area contributed by atoms with Crippen molar-refractivity contribution >= 4 is 43.1 Å². The highest BCUT2D eigenvalue weighted by Crippen LogP contribution is 2.33. The number of nitrogens with zero attached hydrogens (tertiary/aromatic N) is 3. The summed E-state index contributed by atoms with van der Waals surface area (Å²) >= 11 is 3.47. The number of pyridine rings is 1. The second-order valence-electron chi connectivity index (χ2n) is 8.94. The molecule has 0 saturated carbocycles. The van der Waals surface area contributed by atoms with Gasteiger partial charge in [-0.05, 0) is 73.8 Å². The highest BCUT2D eigenvalue weighted by molar-refractivity contribution is 9.10. The van der Waals surface area contributed by atoms with Crippen LogP contribution in [0, 0.1) is 0 Å². The van der Waals surface area contributed by atoms with Gasteiger partial charge in [-0.15, -0.1) is 0 Å². The lowest BCUT2D eigenvalue weighted by molar-refractivity contribution is 0.0204. The van der Waals surface area contributed by atoms with Gasteiger partial charge in [-0.3, -0.25) is 0 Å². The van der Waals surface area contributed by atoms with E-state index in [-0.39, 0.29) is 16.9 Å². The molecule has 2 aromatic heterocycles. The maximum absolute atomic E-state index is 13.2. The van der Waals surface area contributed by atoms with Crippen LogP contribution in [0.4, 0.5) is 4.79 Å². The summed E-state index contributed by atoms with van der Waals surface area (Å²) in [6, 6.07) is 12.2. The zero-order chi connectivity index (χ0) is 23.1. The quantitative estimate of drug-likeness (QED) is 0.477. The molecule has 0 N–H and O–H groups in total. The smallest absolute Gasteiger partial charge is 0.410 e. The molecule has 1 amide bonds. The number of hydrogen-bond donors (Lipinski definition) is 0. The zero-order valence-electron chi connectivity index (χ0n) is 18.3. The van der Waals surface area contributed by atoms with Crippen LogP contribution in [0.1, 0.15) is 45.2 Å². The summed E-state index contributed by atoms with van der Waals surface area (Å²) in [5.74, 6) is 0.139. The van der Waals surface area contributed by atoms with Gasteiger partial charge in [0.25, 0.3) is 10.0 Å². The van der Waals surface area contributed by atoms with Gasteiger partial charge in [-0.25, -0.2) is 22.2 Å². The molecule has 0 radical (unpaired) electrons. The molecule has 1 aliphatic rings. The molecule has 7 nitrogen and oxygen atoms in total. The number of benzene rings is 1. The second-order valence-corrected chi connectivity index (χ2v) is 11.6. The first-order valence-corrected chi connectivity index (χ1v) is 12.8. The van der Waals surface area contributed by atoms with Crippen LogP contribution in [-0.4, -0.2) is 47.1 Å². The molecule has 3 heterocycles. The van der Waals surface area contributed by atoms with E-state index in [2.05, 4.69) is 15.9 Å². The number of amides is 1. The van der Waals surface area contributed by atoms with E-state index in [1.807, 2.05) is 32.9 Å². The molecule has 0 spiro atoms. The van der Waals surface area contributed by atoms with Gasteiger partial charge < -0.3 is 9.64 Å². The lowest BCUT2D eigenvalue weighted by Crippen LogP contribution is -2.41. The minimum absolute atomic E-state index is 0.139. The van der Waals surface area contributed by atoms with Gasteiger partial charge >= 0.3 is 6.09 Å². The van der Waals surface area contributed by atoms with Crippen LogP contribution in [0.5, 0.6) is 0 Å². The summed E-state index contributed by atoms with van der Waals surface area (Å²) in [5.41, 5.74) is 0.702. The van der Waals surface area contributed by atoms with E-state index < -0.39 is 15.6 Å². The lowest BCUT2D eigenvalue weighted by Gasteiger charge is -2.33. The monoisotopic (exact) mass is 519 g/mol. The number of carbonyl (C=O) groups excluding carboxylic acids is 1. The topological polar surface area (TPSA) is 81.5 Å². The van der Waals surface area contributed by atoms with Crippen LogP contribution in [0.15, 0.2) is 58.0 Å². The Labute approximate surface area is 196 Å². The molecule has 1 fully saturated rings. The highest BCUT2D eigenvalue weighted by atomic mass is 79.9. The van der Waals surface area contributed by atoms with Crippen molar-refractivity contribution in [3.63, 3.8) is 0 Å². The van der Waals surface area contributed by atoms with E-state index in [1.54, 1.807) is 41.4 Å². The molecule has 9 heteroatoms. The van der Waals surface area contributed by atoms with Gasteiger partial charge in [-0.1, -0.05) is 18.2 Å². The Bertz CT molecular complexity index is 1240. The first-order valence-electron chi connectivity index (χ1n) is 10.5. The Morgan fingerprint density at radius 1 is 1.09 bits per heavy atom. The van der Waals surface area contributed by atoms with Gasteiger partial charge in [0.05, 0.1) is 4.90 Å². The van der Waals surface area contributed by atoms with Crippen molar-refractivity contribution in [2.24, 2.45) is 0 Å². The van der Waals surface area contributed by atoms with Crippen LogP contribution in [0.2, 0.25) is 0 Å². The van der Waals surface area contributed by atoms with Crippen LogP contribution in [-0.2, 0) is 14.8 Å². The molecule has 0 bridgehead atoms. The maximum Gasteiger partial charge on any atom is 0.410 e. The number of aromatic nitrogens is 2. The third-order valence-corrected chi connectivity index (χ3v) is 7.75. The van der Waals surface area contributed by atoms with Gasteiger partial charge in [0.15, 0.2) is 5.65 Å². The Hall–Kier alpha value is -2.39. The molecule has 3 aromatic rings. The molecular weight excluding hydrogens is 494 g/mol. The fourth-order valence-electron chi connectivity index (χ4n) is 3.85. The number of carbonyl (C=O) groups is 1. The predicted octanol–water partition coefficient (Wildman–Crippen LogP) is 5.15. The van der Waals surface area contributed by atoms with Gasteiger partial charge in [0, 0.05) is 40.8 Å². The second kappa shape index (κ2) is 8.51. The van der Waals surface area contributed by atoms with Crippen molar-refractivity contribution in [3.8, 4) is 0 Å². The van der Waals surface area contributed by atoms with Crippen molar-refractivity contribution in [3.05, 3.63) is 58.8 Å². The fourth-order valence-corrected chi connectivity index (χ4v) is 5.84. The molecule has 1 aromatic carbocycles. The van der Waals surface area contributed by atoms with E-state index in [0.29, 0.717) is 23.2 Å². The number of piperidine rings is 1. The molecule has 4 rings (SSSR count). The van der Waals surface area contributed by atoms with Gasteiger partial charge in [0.1, 0.15) is 5.60 Å². The van der Waals surface area contributed by atoms with Crippen molar-refractivity contribution in [2.45, 2.75) is 50.0 Å². The van der Waals surface area contributed by atoms with Gasteiger partial charge in [0.2, 0.25) is 0 Å². The number of hydrogen-bond acceptors (Lipinski definition) is 5. The fraction of sp³-hybridized carbons (Fsp3) is 0.391. The minimum atomic E-state index is -3.77. The van der Waals surface area contributed by atoms with Crippen molar-refractivity contribution in [1.82, 2.24) is 13.9 Å². The van der Waals surface area contributed by atoms with E-state index in [9.17, 15) is 13.2 Å². The first-order chi connectivity index (χ1) is 15.1. The third-order valence-electron chi connectivity index (χ3n) is 5.46. The molecule has 170 valence electrons. The number of halogens is 1. The van der Waals surface area contributed by atoms with E-state index in [0.717, 1.165) is 23.9 Å². The number of rotatable bonds is 3. The van der Waals surface area contributed by atoms with Crippen molar-refractivity contribution in [2.75, 3.05) is 13.1 Å². The van der Waals surface area contributed by atoms with Crippen LogP contribution in [0.3, 0.4) is 0 Å². The van der Waals surface area contributed by atoms with Crippen LogP contribution in [0.25, 0.3) is 11.0 Å². The van der Waals surface area contributed by atoms with Crippen molar-refractivity contribution < 1.29 is 17.9 Å². The number of likely N-dealkylation sites (tertiary alicyclic amines) is 1. The Kier molecular flexibility index (Phi) is 6.06. The highest BCUT2D eigenvalue weighted by Gasteiger charge is 2.29. The number of ether oxygens (including phenoxy) is 1. The third kappa shape index (κ3) is 4.54. The summed E-state index contributed by atoms with van der Waals surface area (Å²) in [7, 11) is -3.77. The normalized spacial score (nSPS) is 15.8. The first kappa shape index (κ1) is 22.8. The largest absolute Gasteiger partial charge is 0.444 e. The summed E-state index contributed by atoms with van der Waals surface area (Å²) in [6.07, 6.45) is 2.73. The predicted molar refractivity (Wildman–Crippen MR) is 126 cm³/mol. The standard InChI is InChI=1S/C23H26BrN3O4S/c1-23(2,3)31-22(28)26-13-11-16(12-14-26)20-10-9-18-19(24)15-27(21(18)25-20)32(29,30)17-7-5-4-6-8-17/h4-10,15-16H,11-14H2,1-3H3. The molecular formula is C23H26BrN3O4S. The summed E-state index contributed by atoms with van der Waals surface area (Å²) in [4.78, 5) is 19.0. The van der Waals surface area contributed by atoms with Crippen molar-refractivity contribution in [1.29, 1.82) is 0 Å². The molecule has 0 atom stereocenters. The Morgan fingerprint density at radius 3 is 2.38 bits per heavy atom. The minimum Gasteiger partial charge on any atom is -0.444 e. The summed E-state index contributed by atoms with van der Waals surface area (Å²) < 4.78 is 33.8. The molecule has 1 aliphatic heterocycles. The SMILES string of the molecule is CC(C)(C)OC(=O)N1CCC(c2ccc3c(Br)cn(S(=O)(=O)c4ccccc4)c3n2)CC1. The molecule has 0 aliphatic carbocycles. The Balaban J connectivity index is 1.60. The molecule has 1 saturated heterocycles. The number of fused-ring (bicyclic) bond motifs is 1. The average molecular weight is 520 g/mol. The summed E-state index contributed by atoms with van der Waals surface area (Å²) in [5, 5.41) is 0.736. The van der Waals surface area contributed by atoms with E-state index in [1.165, 1.54) is 3.97 Å². The average Bonchev–Trinajstić information content (AvgIpc) is 3.10. The van der Waals surface area contributed by atoms with E-state index in [4.69, 9.17) is 9.72 Å². The zero-order valence-corrected chi connectivity index (χ0v) is 20.7. The Morgan fingerprint density at radius 2 is 1.75 bits per heavy atom.